The monoisotopic (exact) mass is 1320 g/mol. The number of pyridine rings is 4. The van der Waals surface area contributed by atoms with Crippen LogP contribution in [0.25, 0.3) is 78.0 Å². The van der Waals surface area contributed by atoms with Crippen LogP contribution in [-0.2, 0) is 53.0 Å². The fourth-order valence-corrected chi connectivity index (χ4v) is 8.98. The quantitative estimate of drug-likeness (QED) is 0.106. The van der Waals surface area contributed by atoms with Crippen LogP contribution in [0.2, 0.25) is 0 Å². The molecule has 6 aromatic carbocycles. The predicted molar refractivity (Wildman–Crippen MR) is 278 cm³/mol. The molecule has 0 aliphatic carbocycles. The second-order valence-corrected chi connectivity index (χ2v) is 19.7. The normalized spacial score (nSPS) is 11.7. The maximum Gasteiger partial charge on any atom is 0.268 e. The van der Waals surface area contributed by atoms with Gasteiger partial charge in [-0.25, -0.2) is 0 Å². The number of ether oxygens (including phenoxy) is 2. The minimum Gasteiger partial charge on any atom is -0.511 e. The molecule has 0 aliphatic heterocycles. The van der Waals surface area contributed by atoms with Crippen molar-refractivity contribution >= 4 is 43.9 Å². The summed E-state index contributed by atoms with van der Waals surface area (Å²) in [6.45, 7) is 13.1. The van der Waals surface area contributed by atoms with Crippen LogP contribution in [0.4, 0.5) is 0 Å². The van der Waals surface area contributed by atoms with Crippen molar-refractivity contribution in [3.05, 3.63) is 218 Å². The summed E-state index contributed by atoms with van der Waals surface area (Å²) in [5.74, 6) is 1.91. The predicted octanol–water partition coefficient (Wildman–Crippen LogP) is 12.7. The van der Waals surface area contributed by atoms with Gasteiger partial charge in [0.15, 0.2) is 0 Å². The van der Waals surface area contributed by atoms with E-state index in [1.54, 1.807) is 24.5 Å². The van der Waals surface area contributed by atoms with E-state index in [2.05, 4.69) is 170 Å². The second-order valence-electron chi connectivity index (χ2n) is 19.7. The molecular weight excluding hydrogens is 1280 g/mol. The van der Waals surface area contributed by atoms with Gasteiger partial charge in [0.2, 0.25) is 0 Å². The van der Waals surface area contributed by atoms with Crippen LogP contribution in [0.1, 0.15) is 52.7 Å². The fourth-order valence-electron chi connectivity index (χ4n) is 8.98. The number of nitrogens with zero attached hydrogens (tertiary/aromatic N) is 8. The molecule has 0 fully saturated rings. The molecule has 0 spiro atoms. The first-order valence-corrected chi connectivity index (χ1v) is 23.8. The summed E-state index contributed by atoms with van der Waals surface area (Å²) in [5.41, 5.74) is 11.6. The molecule has 0 amide bonds. The molecule has 0 N–H and O–H groups in total. The van der Waals surface area contributed by atoms with Crippen LogP contribution in [0.3, 0.4) is 0 Å². The summed E-state index contributed by atoms with van der Waals surface area (Å²) in [7, 11) is 0. The van der Waals surface area contributed by atoms with Gasteiger partial charge in [0.25, 0.3) is 12.7 Å². The Balaban J connectivity index is 0.00000313. The van der Waals surface area contributed by atoms with Gasteiger partial charge in [-0.1, -0.05) is 126 Å². The first kappa shape index (κ1) is 49.9. The van der Waals surface area contributed by atoms with Gasteiger partial charge in [0.05, 0.1) is 44.5 Å². The summed E-state index contributed by atoms with van der Waals surface area (Å²) in [4.78, 5) is 18.8. The van der Waals surface area contributed by atoms with Gasteiger partial charge in [-0.15, -0.1) is 47.8 Å². The van der Waals surface area contributed by atoms with E-state index in [1.165, 1.54) is 0 Å². The molecule has 10 nitrogen and oxygen atoms in total. The standard InChI is InChI=1S/C62H46N8O2.2Pt/c1-61(2,3)43-31-45(67-39-69(55-21-9-7-19-53(55)67)57-23-11-15-41-17-13-27-65-59(41)57)35-49(33-43)71-47-25-29-63-51(37-47)52-38-48(26-30-64-52)72-50-34-44(62(4,5)6)32-46(36-50)68-40-70(56-22-10-8-20-54(56)68)58-24-12-16-42-18-14-28-66-60(42)58;;/h7-34H,1-6H3;;/q-4;;. The summed E-state index contributed by atoms with van der Waals surface area (Å²) < 4.78 is 21.4. The Kier molecular flexibility index (Phi) is 13.5. The number of para-hydroxylation sites is 6. The van der Waals surface area contributed by atoms with E-state index in [1.807, 2.05) is 82.2 Å². The first-order valence-electron chi connectivity index (χ1n) is 23.8. The van der Waals surface area contributed by atoms with E-state index in [4.69, 9.17) is 19.4 Å². The molecule has 6 aromatic heterocycles. The topological polar surface area (TPSA) is 87.6 Å². The molecule has 12 aromatic rings. The molecule has 0 unspecified atom stereocenters. The SMILES string of the molecule is CC(C)(C)c1cc(Oc2[c-]c(-c3[c-]c(Oc4[c-]c(-[n+]5[c-]n(-c6cccc7cccnc67)c6ccccc65)cc(C(C)(C)C)c4)ccn3)ncc2)[c-]c(-[n+]2[c-]n(-c3cccc4cccnc34)c3ccccc32)c1.[Pt].[Pt]. The molecule has 12 heteroatoms. The molecule has 0 aliphatic rings. The van der Waals surface area contributed by atoms with Gasteiger partial charge >= 0.3 is 0 Å². The molecular formula is C62H46N8O2Pt2-4. The maximum absolute atomic E-state index is 6.62. The van der Waals surface area contributed by atoms with E-state index in [0.717, 1.165) is 77.7 Å². The van der Waals surface area contributed by atoms with Crippen LogP contribution in [0.5, 0.6) is 23.0 Å². The van der Waals surface area contributed by atoms with Crippen molar-refractivity contribution in [3.63, 3.8) is 0 Å². The maximum atomic E-state index is 6.62. The zero-order chi connectivity index (χ0) is 49.1. The van der Waals surface area contributed by atoms with Crippen molar-refractivity contribution in [1.82, 2.24) is 29.1 Å². The zero-order valence-corrected chi connectivity index (χ0v) is 45.7. The Hall–Kier alpha value is -7.64. The van der Waals surface area contributed by atoms with E-state index in [9.17, 15) is 0 Å². The smallest absolute Gasteiger partial charge is 0.268 e. The number of benzene rings is 6. The Morgan fingerprint density at radius 2 is 0.838 bits per heavy atom. The van der Waals surface area contributed by atoms with Crippen LogP contribution < -0.4 is 18.6 Å². The van der Waals surface area contributed by atoms with Crippen molar-refractivity contribution in [2.24, 2.45) is 0 Å². The van der Waals surface area contributed by atoms with Crippen LogP contribution >= 0.6 is 0 Å². The third-order valence-corrected chi connectivity index (χ3v) is 12.7. The van der Waals surface area contributed by atoms with E-state index < -0.39 is 0 Å². The number of aromatic nitrogens is 8. The largest absolute Gasteiger partial charge is 0.511 e. The van der Waals surface area contributed by atoms with Crippen molar-refractivity contribution in [2.45, 2.75) is 52.4 Å². The van der Waals surface area contributed by atoms with Gasteiger partial charge in [0.1, 0.15) is 0 Å². The summed E-state index contributed by atoms with van der Waals surface area (Å²) in [6.07, 6.45) is 14.3. The Bertz CT molecular complexity index is 3790. The zero-order valence-electron chi connectivity index (χ0n) is 41.2. The summed E-state index contributed by atoms with van der Waals surface area (Å²) in [5, 5.41) is 2.10. The first-order chi connectivity index (χ1) is 34.9. The van der Waals surface area contributed by atoms with Gasteiger partial charge in [-0.2, -0.15) is 35.4 Å². The summed E-state index contributed by atoms with van der Waals surface area (Å²) in [6, 6.07) is 62.6. The van der Waals surface area contributed by atoms with Crippen LogP contribution in [-0.4, -0.2) is 29.1 Å². The number of imidazole rings is 2. The number of hydrogen-bond acceptors (Lipinski definition) is 6. The van der Waals surface area contributed by atoms with E-state index in [-0.39, 0.29) is 53.0 Å². The minimum atomic E-state index is -0.220. The van der Waals surface area contributed by atoms with Gasteiger partial charge in [-0.3, -0.25) is 19.1 Å². The molecule has 0 saturated heterocycles. The van der Waals surface area contributed by atoms with E-state index >= 15 is 0 Å². The molecule has 370 valence electrons. The molecule has 74 heavy (non-hydrogen) atoms. The molecule has 6 heterocycles. The molecule has 0 atom stereocenters. The third-order valence-electron chi connectivity index (χ3n) is 12.7. The Labute approximate surface area is 458 Å². The van der Waals surface area contributed by atoms with Gasteiger partial charge in [-0.05, 0) is 69.6 Å². The molecule has 12 rings (SSSR count). The molecule has 0 bridgehead atoms. The average molecular weight is 1330 g/mol. The number of fused-ring (bicyclic) bond motifs is 4. The number of rotatable bonds is 9. The second kappa shape index (κ2) is 20.0. The molecule has 0 saturated carbocycles. The third kappa shape index (κ3) is 9.56. The van der Waals surface area contributed by atoms with Crippen molar-refractivity contribution < 1.29 is 60.7 Å². The molecule has 0 radical (unpaired) electrons. The Morgan fingerprint density at radius 1 is 0.419 bits per heavy atom. The van der Waals surface area contributed by atoms with Crippen LogP contribution in [0.15, 0.2) is 170 Å². The average Bonchev–Trinajstić information content (AvgIpc) is 3.97. The van der Waals surface area contributed by atoms with Crippen molar-refractivity contribution in [1.29, 1.82) is 0 Å². The fraction of sp³-hybridized carbons (Fsp3) is 0.129. The van der Waals surface area contributed by atoms with Crippen LogP contribution in [0, 0.1) is 36.9 Å². The Morgan fingerprint density at radius 3 is 1.27 bits per heavy atom. The summed E-state index contributed by atoms with van der Waals surface area (Å²) >= 11 is 0. The van der Waals surface area contributed by atoms with Crippen molar-refractivity contribution in [3.8, 4) is 57.1 Å². The number of hydrogen-bond donors (Lipinski definition) is 0. The van der Waals surface area contributed by atoms with Gasteiger partial charge in [0, 0.05) is 77.5 Å². The minimum absolute atomic E-state index is 0. The van der Waals surface area contributed by atoms with Gasteiger partial charge < -0.3 is 28.6 Å². The van der Waals surface area contributed by atoms with Crippen molar-refractivity contribution in [2.75, 3.05) is 0 Å². The van der Waals surface area contributed by atoms with E-state index in [0.29, 0.717) is 34.4 Å².